The lowest BCUT2D eigenvalue weighted by atomic mass is 10.1. The van der Waals surface area contributed by atoms with Crippen molar-refractivity contribution in [3.8, 4) is 0 Å². The number of nitrogens with one attached hydrogen (secondary N) is 1. The largest absolute Gasteiger partial charge is 0.444 e. The third-order valence-electron chi connectivity index (χ3n) is 1.72. The molecule has 0 fully saturated rings. The Balaban J connectivity index is 3.64. The number of allylic oxidation sites excluding steroid dienone is 1. The molecule has 0 atom stereocenters. The van der Waals surface area contributed by atoms with E-state index in [1.807, 2.05) is 0 Å². The number of amides is 1. The molecule has 0 bridgehead atoms. The molecule has 0 aliphatic rings. The van der Waals surface area contributed by atoms with E-state index < -0.39 is 11.7 Å². The van der Waals surface area contributed by atoms with Crippen LogP contribution in [-0.4, -0.2) is 24.0 Å². The standard InChI is InChI=1S/C12H21NO3/c1-9(2)10(14)7-6-8-13-11(15)16-12(3,4)5/h1,6-8H2,2-5H3,(H,13,15). The van der Waals surface area contributed by atoms with E-state index in [4.69, 9.17) is 4.74 Å². The van der Waals surface area contributed by atoms with Crippen LogP contribution in [0.1, 0.15) is 40.5 Å². The number of ketones is 1. The van der Waals surface area contributed by atoms with Crippen LogP contribution in [0.5, 0.6) is 0 Å². The highest BCUT2D eigenvalue weighted by atomic mass is 16.6. The van der Waals surface area contributed by atoms with Gasteiger partial charge in [0.25, 0.3) is 0 Å². The van der Waals surface area contributed by atoms with E-state index in [0.29, 0.717) is 25.0 Å². The van der Waals surface area contributed by atoms with Crippen molar-refractivity contribution in [1.82, 2.24) is 5.32 Å². The monoisotopic (exact) mass is 227 g/mol. The zero-order valence-electron chi connectivity index (χ0n) is 10.6. The average molecular weight is 227 g/mol. The Bertz CT molecular complexity index is 276. The molecule has 0 aliphatic carbocycles. The molecule has 0 aromatic carbocycles. The molecule has 1 amide bonds. The first-order chi connectivity index (χ1) is 7.22. The van der Waals surface area contributed by atoms with Crippen LogP contribution in [-0.2, 0) is 9.53 Å². The Labute approximate surface area is 97.1 Å². The van der Waals surface area contributed by atoms with Crippen molar-refractivity contribution in [3.05, 3.63) is 12.2 Å². The van der Waals surface area contributed by atoms with Gasteiger partial charge in [-0.2, -0.15) is 0 Å². The molecular formula is C12H21NO3. The van der Waals surface area contributed by atoms with Crippen molar-refractivity contribution in [2.45, 2.75) is 46.1 Å². The molecule has 4 heteroatoms. The fourth-order valence-corrected chi connectivity index (χ4v) is 0.967. The van der Waals surface area contributed by atoms with Crippen LogP contribution < -0.4 is 5.32 Å². The van der Waals surface area contributed by atoms with E-state index in [2.05, 4.69) is 11.9 Å². The lowest BCUT2D eigenvalue weighted by Gasteiger charge is -2.19. The highest BCUT2D eigenvalue weighted by Gasteiger charge is 2.15. The molecule has 0 radical (unpaired) electrons. The first-order valence-corrected chi connectivity index (χ1v) is 5.38. The summed E-state index contributed by atoms with van der Waals surface area (Å²) in [6.45, 7) is 11.1. The summed E-state index contributed by atoms with van der Waals surface area (Å²) in [4.78, 5) is 22.4. The van der Waals surface area contributed by atoms with Gasteiger partial charge in [0.2, 0.25) is 0 Å². The minimum absolute atomic E-state index is 0.0333. The smallest absolute Gasteiger partial charge is 0.407 e. The van der Waals surface area contributed by atoms with Crippen molar-refractivity contribution < 1.29 is 14.3 Å². The van der Waals surface area contributed by atoms with Gasteiger partial charge in [-0.25, -0.2) is 4.79 Å². The quantitative estimate of drug-likeness (QED) is 0.579. The molecule has 0 saturated carbocycles. The van der Waals surface area contributed by atoms with Crippen LogP contribution >= 0.6 is 0 Å². The predicted octanol–water partition coefficient (Wildman–Crippen LogP) is 2.44. The number of carbonyl (C=O) groups excluding carboxylic acids is 2. The first-order valence-electron chi connectivity index (χ1n) is 5.38. The van der Waals surface area contributed by atoms with Gasteiger partial charge in [0.05, 0.1) is 0 Å². The second-order valence-corrected chi connectivity index (χ2v) is 4.74. The minimum Gasteiger partial charge on any atom is -0.444 e. The predicted molar refractivity (Wildman–Crippen MR) is 63.3 cm³/mol. The van der Waals surface area contributed by atoms with E-state index in [0.717, 1.165) is 0 Å². The molecule has 0 spiro atoms. The maximum Gasteiger partial charge on any atom is 0.407 e. The molecule has 0 unspecified atom stereocenters. The van der Waals surface area contributed by atoms with Crippen LogP contribution in [0.3, 0.4) is 0 Å². The topological polar surface area (TPSA) is 55.4 Å². The lowest BCUT2D eigenvalue weighted by Crippen LogP contribution is -2.33. The molecule has 4 nitrogen and oxygen atoms in total. The Hall–Kier alpha value is -1.32. The zero-order valence-corrected chi connectivity index (χ0v) is 10.6. The second kappa shape index (κ2) is 6.30. The van der Waals surface area contributed by atoms with E-state index in [-0.39, 0.29) is 5.78 Å². The van der Waals surface area contributed by atoms with E-state index in [9.17, 15) is 9.59 Å². The third kappa shape index (κ3) is 8.03. The summed E-state index contributed by atoms with van der Waals surface area (Å²) >= 11 is 0. The van der Waals surface area contributed by atoms with Gasteiger partial charge in [0, 0.05) is 13.0 Å². The molecule has 16 heavy (non-hydrogen) atoms. The number of ether oxygens (including phenoxy) is 1. The SMILES string of the molecule is C=C(C)C(=O)CCCNC(=O)OC(C)(C)C. The van der Waals surface area contributed by atoms with Crippen molar-refractivity contribution in [1.29, 1.82) is 0 Å². The fourth-order valence-electron chi connectivity index (χ4n) is 0.967. The van der Waals surface area contributed by atoms with Gasteiger partial charge in [-0.1, -0.05) is 6.58 Å². The molecule has 0 aliphatic heterocycles. The number of hydrogen-bond acceptors (Lipinski definition) is 3. The van der Waals surface area contributed by atoms with Crippen LogP contribution in [0.4, 0.5) is 4.79 Å². The zero-order chi connectivity index (χ0) is 12.8. The summed E-state index contributed by atoms with van der Waals surface area (Å²) in [5.41, 5.74) is 0.0645. The minimum atomic E-state index is -0.488. The van der Waals surface area contributed by atoms with Crippen LogP contribution in [0.15, 0.2) is 12.2 Å². The van der Waals surface area contributed by atoms with Gasteiger partial charge in [0.15, 0.2) is 5.78 Å². The van der Waals surface area contributed by atoms with Crippen molar-refractivity contribution in [2.75, 3.05) is 6.54 Å². The number of Topliss-reactive ketones (excluding diaryl/α,β-unsaturated/α-hetero) is 1. The molecular weight excluding hydrogens is 206 g/mol. The summed E-state index contributed by atoms with van der Waals surface area (Å²) in [6.07, 6.45) is 0.561. The van der Waals surface area contributed by atoms with Gasteiger partial charge in [-0.3, -0.25) is 4.79 Å². The van der Waals surface area contributed by atoms with Crippen molar-refractivity contribution >= 4 is 11.9 Å². The molecule has 92 valence electrons. The van der Waals surface area contributed by atoms with Crippen molar-refractivity contribution in [3.63, 3.8) is 0 Å². The lowest BCUT2D eigenvalue weighted by molar-refractivity contribution is -0.115. The normalized spacial score (nSPS) is 10.8. The second-order valence-electron chi connectivity index (χ2n) is 4.74. The van der Waals surface area contributed by atoms with Crippen LogP contribution in [0.2, 0.25) is 0 Å². The maximum absolute atomic E-state index is 11.2. The van der Waals surface area contributed by atoms with Gasteiger partial charge < -0.3 is 10.1 Å². The highest BCUT2D eigenvalue weighted by molar-refractivity contribution is 5.94. The molecule has 0 aromatic rings. The molecule has 0 saturated heterocycles. The molecule has 0 heterocycles. The summed E-state index contributed by atoms with van der Waals surface area (Å²) in [7, 11) is 0. The third-order valence-corrected chi connectivity index (χ3v) is 1.72. The Morgan fingerprint density at radius 2 is 1.88 bits per heavy atom. The number of hydrogen-bond donors (Lipinski definition) is 1. The van der Waals surface area contributed by atoms with E-state index >= 15 is 0 Å². The van der Waals surface area contributed by atoms with Gasteiger partial charge >= 0.3 is 6.09 Å². The fraction of sp³-hybridized carbons (Fsp3) is 0.667. The Morgan fingerprint density at radius 1 is 1.31 bits per heavy atom. The highest BCUT2D eigenvalue weighted by Crippen LogP contribution is 2.06. The summed E-state index contributed by atoms with van der Waals surface area (Å²) in [5, 5.41) is 2.59. The summed E-state index contributed by atoms with van der Waals surface area (Å²) in [5.74, 6) is 0.0333. The average Bonchev–Trinajstić information content (AvgIpc) is 2.08. The van der Waals surface area contributed by atoms with Crippen LogP contribution in [0, 0.1) is 0 Å². The Kier molecular flexibility index (Phi) is 5.78. The van der Waals surface area contributed by atoms with E-state index in [1.54, 1.807) is 27.7 Å². The van der Waals surface area contributed by atoms with Gasteiger partial charge in [-0.05, 0) is 39.7 Å². The number of rotatable bonds is 5. The molecule has 0 rings (SSSR count). The Morgan fingerprint density at radius 3 is 2.31 bits per heavy atom. The van der Waals surface area contributed by atoms with Crippen molar-refractivity contribution in [2.24, 2.45) is 0 Å². The van der Waals surface area contributed by atoms with Gasteiger partial charge in [0.1, 0.15) is 5.60 Å². The first kappa shape index (κ1) is 14.7. The number of alkyl carbamates (subject to hydrolysis) is 1. The number of carbonyl (C=O) groups is 2. The summed E-state index contributed by atoms with van der Waals surface area (Å²) < 4.78 is 5.04. The van der Waals surface area contributed by atoms with Gasteiger partial charge in [-0.15, -0.1) is 0 Å². The molecule has 1 N–H and O–H groups in total. The van der Waals surface area contributed by atoms with E-state index in [1.165, 1.54) is 0 Å². The summed E-state index contributed by atoms with van der Waals surface area (Å²) in [6, 6.07) is 0. The van der Waals surface area contributed by atoms with Crippen LogP contribution in [0.25, 0.3) is 0 Å². The maximum atomic E-state index is 11.2. The molecule has 0 aromatic heterocycles.